The van der Waals surface area contributed by atoms with Crippen molar-refractivity contribution in [2.75, 3.05) is 0 Å². The van der Waals surface area contributed by atoms with Crippen LogP contribution in [0.25, 0.3) is 0 Å². The van der Waals surface area contributed by atoms with Crippen molar-refractivity contribution >= 4 is 5.97 Å². The standard InChI is InChI=1S/C9H10FNO3/c10-7-4-2-1-3-6(7)8(14-11)5-9(12)13/h1-4,8H,5,11H2,(H,12,13). The van der Waals surface area contributed by atoms with Gasteiger partial charge in [-0.15, -0.1) is 0 Å². The maximum atomic E-state index is 13.1. The molecule has 0 heterocycles. The van der Waals surface area contributed by atoms with Gasteiger partial charge in [0.05, 0.1) is 6.42 Å². The Morgan fingerprint density at radius 3 is 2.71 bits per heavy atom. The highest BCUT2D eigenvalue weighted by Gasteiger charge is 2.18. The summed E-state index contributed by atoms with van der Waals surface area (Å²) in [5.74, 6) is 3.27. The van der Waals surface area contributed by atoms with Gasteiger partial charge in [0.25, 0.3) is 0 Å². The van der Waals surface area contributed by atoms with Crippen molar-refractivity contribution < 1.29 is 19.1 Å². The van der Waals surface area contributed by atoms with E-state index in [2.05, 4.69) is 4.84 Å². The number of benzene rings is 1. The number of halogens is 1. The third kappa shape index (κ3) is 2.51. The Morgan fingerprint density at radius 2 is 2.21 bits per heavy atom. The number of carbonyl (C=O) groups is 1. The van der Waals surface area contributed by atoms with Crippen LogP contribution in [0.2, 0.25) is 0 Å². The quantitative estimate of drug-likeness (QED) is 0.715. The zero-order valence-corrected chi connectivity index (χ0v) is 7.31. The second-order valence-corrected chi connectivity index (χ2v) is 2.74. The van der Waals surface area contributed by atoms with Gasteiger partial charge in [-0.25, -0.2) is 10.3 Å². The predicted molar refractivity (Wildman–Crippen MR) is 46.7 cm³/mol. The molecule has 0 aromatic heterocycles. The van der Waals surface area contributed by atoms with Gasteiger partial charge in [-0.3, -0.25) is 9.63 Å². The third-order valence-electron chi connectivity index (χ3n) is 1.78. The Labute approximate surface area is 80.1 Å². The van der Waals surface area contributed by atoms with E-state index < -0.39 is 17.9 Å². The smallest absolute Gasteiger partial charge is 0.306 e. The van der Waals surface area contributed by atoms with Crippen molar-refractivity contribution in [1.82, 2.24) is 0 Å². The molecule has 1 aromatic rings. The molecule has 0 aliphatic carbocycles. The Morgan fingerprint density at radius 1 is 1.57 bits per heavy atom. The third-order valence-corrected chi connectivity index (χ3v) is 1.78. The predicted octanol–water partition coefficient (Wildman–Crippen LogP) is 1.23. The fraction of sp³-hybridized carbons (Fsp3) is 0.222. The molecular formula is C9H10FNO3. The van der Waals surface area contributed by atoms with Crippen LogP contribution >= 0.6 is 0 Å². The van der Waals surface area contributed by atoms with Gasteiger partial charge in [-0.05, 0) is 6.07 Å². The summed E-state index contributed by atoms with van der Waals surface area (Å²) in [7, 11) is 0. The molecule has 0 spiro atoms. The average molecular weight is 199 g/mol. The van der Waals surface area contributed by atoms with Gasteiger partial charge in [0.1, 0.15) is 11.9 Å². The lowest BCUT2D eigenvalue weighted by Crippen LogP contribution is -2.14. The number of hydrogen-bond acceptors (Lipinski definition) is 3. The number of nitrogens with two attached hydrogens (primary N) is 1. The Balaban J connectivity index is 2.89. The monoisotopic (exact) mass is 199 g/mol. The van der Waals surface area contributed by atoms with E-state index >= 15 is 0 Å². The van der Waals surface area contributed by atoms with Crippen LogP contribution in [0.3, 0.4) is 0 Å². The van der Waals surface area contributed by atoms with Gasteiger partial charge in [-0.2, -0.15) is 0 Å². The first-order valence-electron chi connectivity index (χ1n) is 3.97. The Bertz CT molecular complexity index is 330. The van der Waals surface area contributed by atoms with Crippen molar-refractivity contribution in [3.8, 4) is 0 Å². The normalized spacial score (nSPS) is 12.4. The Hall–Kier alpha value is -1.46. The van der Waals surface area contributed by atoms with Crippen molar-refractivity contribution in [3.63, 3.8) is 0 Å². The molecule has 0 radical (unpaired) electrons. The second-order valence-electron chi connectivity index (χ2n) is 2.74. The van der Waals surface area contributed by atoms with Crippen LogP contribution in [0.15, 0.2) is 24.3 Å². The highest BCUT2D eigenvalue weighted by molar-refractivity contribution is 5.67. The lowest BCUT2D eigenvalue weighted by Gasteiger charge is -2.12. The van der Waals surface area contributed by atoms with Crippen molar-refractivity contribution in [2.45, 2.75) is 12.5 Å². The van der Waals surface area contributed by atoms with Crippen molar-refractivity contribution in [3.05, 3.63) is 35.6 Å². The summed E-state index contributed by atoms with van der Waals surface area (Å²) in [5.41, 5.74) is 0.150. The van der Waals surface area contributed by atoms with Crippen LogP contribution in [0.1, 0.15) is 18.1 Å². The molecule has 0 fully saturated rings. The van der Waals surface area contributed by atoms with E-state index in [0.29, 0.717) is 0 Å². The first kappa shape index (κ1) is 10.6. The van der Waals surface area contributed by atoms with Gasteiger partial charge in [-0.1, -0.05) is 18.2 Å². The fourth-order valence-electron chi connectivity index (χ4n) is 1.13. The van der Waals surface area contributed by atoms with Gasteiger partial charge in [0.2, 0.25) is 0 Å². The van der Waals surface area contributed by atoms with Crippen LogP contribution < -0.4 is 5.90 Å². The summed E-state index contributed by atoms with van der Waals surface area (Å²) < 4.78 is 13.1. The zero-order valence-electron chi connectivity index (χ0n) is 7.31. The average Bonchev–Trinajstić information content (AvgIpc) is 2.15. The summed E-state index contributed by atoms with van der Waals surface area (Å²) in [6, 6.07) is 5.76. The fourth-order valence-corrected chi connectivity index (χ4v) is 1.13. The summed E-state index contributed by atoms with van der Waals surface area (Å²) in [4.78, 5) is 14.8. The molecule has 0 saturated carbocycles. The lowest BCUT2D eigenvalue weighted by atomic mass is 10.1. The molecule has 14 heavy (non-hydrogen) atoms. The molecule has 0 aliphatic heterocycles. The minimum Gasteiger partial charge on any atom is -0.481 e. The molecule has 1 unspecified atom stereocenters. The molecule has 1 atom stereocenters. The molecule has 0 amide bonds. The summed E-state index contributed by atoms with van der Waals surface area (Å²) >= 11 is 0. The Kier molecular flexibility index (Phi) is 3.55. The van der Waals surface area contributed by atoms with E-state index in [-0.39, 0.29) is 12.0 Å². The molecular weight excluding hydrogens is 189 g/mol. The van der Waals surface area contributed by atoms with Crippen LogP contribution in [0.5, 0.6) is 0 Å². The number of hydrogen-bond donors (Lipinski definition) is 2. The van der Waals surface area contributed by atoms with Gasteiger partial charge in [0.15, 0.2) is 0 Å². The lowest BCUT2D eigenvalue weighted by molar-refractivity contribution is -0.140. The molecule has 1 aromatic carbocycles. The van der Waals surface area contributed by atoms with Gasteiger partial charge >= 0.3 is 5.97 Å². The van der Waals surface area contributed by atoms with E-state index in [1.165, 1.54) is 18.2 Å². The van der Waals surface area contributed by atoms with E-state index in [1.54, 1.807) is 6.07 Å². The van der Waals surface area contributed by atoms with E-state index in [4.69, 9.17) is 11.0 Å². The second kappa shape index (κ2) is 4.69. The zero-order chi connectivity index (χ0) is 10.6. The maximum absolute atomic E-state index is 13.1. The van der Waals surface area contributed by atoms with Gasteiger partial charge in [0, 0.05) is 5.56 Å². The van der Waals surface area contributed by atoms with Crippen LogP contribution in [-0.4, -0.2) is 11.1 Å². The highest BCUT2D eigenvalue weighted by atomic mass is 19.1. The number of aliphatic carboxylic acids is 1. The number of carboxylic acid groups (broad SMARTS) is 1. The molecule has 3 N–H and O–H groups in total. The summed E-state index contributed by atoms with van der Waals surface area (Å²) in [6.07, 6.45) is -1.31. The molecule has 76 valence electrons. The summed E-state index contributed by atoms with van der Waals surface area (Å²) in [5, 5.41) is 8.51. The molecule has 0 bridgehead atoms. The van der Waals surface area contributed by atoms with Crippen LogP contribution in [0, 0.1) is 5.82 Å². The maximum Gasteiger partial charge on any atom is 0.306 e. The molecule has 0 saturated heterocycles. The van der Waals surface area contributed by atoms with Crippen LogP contribution in [0.4, 0.5) is 4.39 Å². The van der Waals surface area contributed by atoms with Crippen molar-refractivity contribution in [2.24, 2.45) is 5.90 Å². The first-order valence-corrected chi connectivity index (χ1v) is 3.97. The van der Waals surface area contributed by atoms with Crippen molar-refractivity contribution in [1.29, 1.82) is 0 Å². The minimum absolute atomic E-state index is 0.150. The van der Waals surface area contributed by atoms with E-state index in [9.17, 15) is 9.18 Å². The number of rotatable bonds is 4. The van der Waals surface area contributed by atoms with Gasteiger partial charge < -0.3 is 5.11 Å². The minimum atomic E-state index is -1.09. The SMILES string of the molecule is NOC(CC(=O)O)c1ccccc1F. The summed E-state index contributed by atoms with van der Waals surface area (Å²) in [6.45, 7) is 0. The first-order chi connectivity index (χ1) is 6.65. The van der Waals surface area contributed by atoms with Crippen LogP contribution in [-0.2, 0) is 9.63 Å². The molecule has 4 nitrogen and oxygen atoms in total. The van der Waals surface area contributed by atoms with E-state index in [0.717, 1.165) is 0 Å². The molecule has 5 heteroatoms. The topological polar surface area (TPSA) is 72.5 Å². The molecule has 0 aliphatic rings. The molecule has 1 rings (SSSR count). The highest BCUT2D eigenvalue weighted by Crippen LogP contribution is 2.21. The number of carboxylic acids is 1. The largest absolute Gasteiger partial charge is 0.481 e. The van der Waals surface area contributed by atoms with E-state index in [1.807, 2.05) is 0 Å².